The van der Waals surface area contributed by atoms with Gasteiger partial charge in [0.2, 0.25) is 5.91 Å². The summed E-state index contributed by atoms with van der Waals surface area (Å²) < 4.78 is 0. The summed E-state index contributed by atoms with van der Waals surface area (Å²) in [5, 5.41) is 2.62. The van der Waals surface area contributed by atoms with Crippen molar-refractivity contribution in [3.8, 4) is 11.4 Å². The maximum Gasteiger partial charge on any atom is 0.236 e. The van der Waals surface area contributed by atoms with Gasteiger partial charge in [0, 0.05) is 72.1 Å². The van der Waals surface area contributed by atoms with Gasteiger partial charge < -0.3 is 14.7 Å². The highest BCUT2D eigenvalue weighted by atomic mass is 32.2. The molecule has 4 aromatic rings. The third-order valence-electron chi connectivity index (χ3n) is 8.41. The molecular formula is C32H34N6OS2. The number of nitrogens with zero attached hydrogens (tertiary/aromatic N) is 6. The molecule has 7 rings (SSSR count). The van der Waals surface area contributed by atoms with Crippen molar-refractivity contribution in [2.45, 2.75) is 29.5 Å². The molecule has 3 aliphatic rings. The van der Waals surface area contributed by atoms with E-state index >= 15 is 0 Å². The number of likely N-dealkylation sites (tertiary alicyclic amines) is 1. The molecule has 1 unspecified atom stereocenters. The topological polar surface area (TPSA) is 55.8 Å². The number of rotatable bonds is 6. The number of piperazine rings is 1. The van der Waals surface area contributed by atoms with E-state index in [9.17, 15) is 4.79 Å². The molecule has 0 bridgehead atoms. The molecule has 0 spiro atoms. The van der Waals surface area contributed by atoms with Crippen LogP contribution in [0, 0.1) is 0 Å². The molecule has 3 aliphatic heterocycles. The lowest BCUT2D eigenvalue weighted by molar-refractivity contribution is -0.132. The predicted octanol–water partition coefficient (Wildman–Crippen LogP) is 5.93. The fourth-order valence-corrected chi connectivity index (χ4v) is 8.46. The SMILES string of the molecule is C[C@H]1Sc2ccccc2N1c1ccsc1C1CCN(CC(=O)N2CCN(c3ccc(-c4ncccn4)cc3)CC2)C1. The second kappa shape index (κ2) is 11.5. The molecule has 41 heavy (non-hydrogen) atoms. The second-order valence-corrected chi connectivity index (χ2v) is 13.2. The van der Waals surface area contributed by atoms with Crippen LogP contribution in [0.1, 0.15) is 24.1 Å². The number of benzene rings is 2. The molecule has 0 radical (unpaired) electrons. The number of anilines is 3. The van der Waals surface area contributed by atoms with Crippen molar-refractivity contribution < 1.29 is 4.79 Å². The highest BCUT2D eigenvalue weighted by molar-refractivity contribution is 8.00. The number of fused-ring (bicyclic) bond motifs is 1. The van der Waals surface area contributed by atoms with Gasteiger partial charge in [-0.2, -0.15) is 0 Å². The number of carbonyl (C=O) groups is 1. The van der Waals surface area contributed by atoms with Gasteiger partial charge in [-0.3, -0.25) is 9.69 Å². The molecule has 0 saturated carbocycles. The Labute approximate surface area is 249 Å². The van der Waals surface area contributed by atoms with E-state index in [1.54, 1.807) is 12.4 Å². The van der Waals surface area contributed by atoms with Gasteiger partial charge in [-0.15, -0.1) is 11.3 Å². The molecule has 1 amide bonds. The van der Waals surface area contributed by atoms with E-state index in [1.165, 1.54) is 26.8 Å². The van der Waals surface area contributed by atoms with Gasteiger partial charge in [-0.1, -0.05) is 23.9 Å². The van der Waals surface area contributed by atoms with E-state index in [0.717, 1.165) is 57.1 Å². The van der Waals surface area contributed by atoms with Crippen molar-refractivity contribution in [3.63, 3.8) is 0 Å². The Morgan fingerprint density at radius 2 is 1.68 bits per heavy atom. The first kappa shape index (κ1) is 26.5. The van der Waals surface area contributed by atoms with E-state index in [0.29, 0.717) is 17.8 Å². The smallest absolute Gasteiger partial charge is 0.236 e. The fraction of sp³-hybridized carbons (Fsp3) is 0.344. The number of hydrogen-bond acceptors (Lipinski definition) is 8. The second-order valence-electron chi connectivity index (χ2n) is 10.9. The van der Waals surface area contributed by atoms with Crippen LogP contribution in [0.25, 0.3) is 11.4 Å². The molecular weight excluding hydrogens is 549 g/mol. The van der Waals surface area contributed by atoms with Crippen LogP contribution >= 0.6 is 23.1 Å². The number of amides is 1. The lowest BCUT2D eigenvalue weighted by Gasteiger charge is -2.36. The van der Waals surface area contributed by atoms with Crippen LogP contribution in [0.5, 0.6) is 0 Å². The summed E-state index contributed by atoms with van der Waals surface area (Å²) >= 11 is 3.80. The van der Waals surface area contributed by atoms with E-state index in [4.69, 9.17) is 0 Å². The molecule has 210 valence electrons. The Kier molecular flexibility index (Phi) is 7.41. The largest absolute Gasteiger partial charge is 0.368 e. The summed E-state index contributed by atoms with van der Waals surface area (Å²) in [6, 6.07) is 21.3. The molecule has 2 fully saturated rings. The predicted molar refractivity (Wildman–Crippen MR) is 168 cm³/mol. The molecule has 0 N–H and O–H groups in total. The monoisotopic (exact) mass is 582 g/mol. The minimum atomic E-state index is 0.256. The van der Waals surface area contributed by atoms with Gasteiger partial charge in [0.05, 0.1) is 23.3 Å². The number of thioether (sulfide) groups is 1. The van der Waals surface area contributed by atoms with Crippen molar-refractivity contribution in [3.05, 3.63) is 83.3 Å². The zero-order chi connectivity index (χ0) is 27.8. The van der Waals surface area contributed by atoms with Crippen LogP contribution in [0.4, 0.5) is 17.1 Å². The quantitative estimate of drug-likeness (QED) is 0.279. The lowest BCUT2D eigenvalue weighted by Crippen LogP contribution is -2.51. The van der Waals surface area contributed by atoms with Gasteiger partial charge in [0.25, 0.3) is 0 Å². The fourth-order valence-electron chi connectivity index (χ4n) is 6.30. The summed E-state index contributed by atoms with van der Waals surface area (Å²) in [4.78, 5) is 34.1. The van der Waals surface area contributed by atoms with Gasteiger partial charge in [-0.05, 0) is 73.8 Å². The maximum absolute atomic E-state index is 13.3. The Bertz CT molecular complexity index is 1500. The molecule has 2 saturated heterocycles. The standard InChI is InChI=1S/C32H34N6OS2/c1-23-38(27-5-2-3-6-29(27)41-23)28-12-20-40-31(28)25-11-15-35(21-25)22-30(39)37-18-16-36(17-19-37)26-9-7-24(8-10-26)32-33-13-4-14-34-32/h2-10,12-14,20,23,25H,11,15-19,21-22H2,1H3/t23-,25?/m1/s1. The first-order chi connectivity index (χ1) is 20.1. The first-order valence-corrected chi connectivity index (χ1v) is 16.1. The first-order valence-electron chi connectivity index (χ1n) is 14.4. The highest BCUT2D eigenvalue weighted by Crippen LogP contribution is 2.50. The van der Waals surface area contributed by atoms with Crippen LogP contribution in [-0.2, 0) is 4.79 Å². The van der Waals surface area contributed by atoms with Crippen molar-refractivity contribution in [2.75, 3.05) is 55.6 Å². The van der Waals surface area contributed by atoms with Crippen LogP contribution in [0.15, 0.2) is 83.3 Å². The molecule has 2 atom stereocenters. The van der Waals surface area contributed by atoms with Crippen molar-refractivity contribution >= 4 is 46.1 Å². The van der Waals surface area contributed by atoms with Crippen molar-refractivity contribution in [1.82, 2.24) is 19.8 Å². The highest BCUT2D eigenvalue weighted by Gasteiger charge is 2.34. The zero-order valence-corrected chi connectivity index (χ0v) is 24.9. The number of aromatic nitrogens is 2. The Hall–Kier alpha value is -3.40. The Balaban J connectivity index is 0.934. The summed E-state index contributed by atoms with van der Waals surface area (Å²) in [7, 11) is 0. The van der Waals surface area contributed by atoms with Gasteiger partial charge in [0.1, 0.15) is 0 Å². The third kappa shape index (κ3) is 5.34. The maximum atomic E-state index is 13.3. The number of carbonyl (C=O) groups excluding carboxylic acids is 1. The van der Waals surface area contributed by atoms with Crippen LogP contribution in [-0.4, -0.2) is 76.9 Å². The summed E-state index contributed by atoms with van der Waals surface area (Å²) in [5.74, 6) is 1.47. The Morgan fingerprint density at radius 3 is 2.49 bits per heavy atom. The van der Waals surface area contributed by atoms with E-state index < -0.39 is 0 Å². The average molecular weight is 583 g/mol. The van der Waals surface area contributed by atoms with E-state index in [2.05, 4.69) is 91.6 Å². The molecule has 9 heteroatoms. The minimum Gasteiger partial charge on any atom is -0.368 e. The number of hydrogen-bond donors (Lipinski definition) is 0. The summed E-state index contributed by atoms with van der Waals surface area (Å²) in [6.07, 6.45) is 4.64. The molecule has 0 aliphatic carbocycles. The van der Waals surface area contributed by atoms with Crippen molar-refractivity contribution in [2.24, 2.45) is 0 Å². The van der Waals surface area contributed by atoms with E-state index in [-0.39, 0.29) is 5.91 Å². The molecule has 2 aromatic heterocycles. The van der Waals surface area contributed by atoms with Crippen molar-refractivity contribution in [1.29, 1.82) is 0 Å². The summed E-state index contributed by atoms with van der Waals surface area (Å²) in [6.45, 7) is 7.96. The third-order valence-corrected chi connectivity index (χ3v) is 10.6. The minimum absolute atomic E-state index is 0.256. The molecule has 2 aromatic carbocycles. The number of para-hydroxylation sites is 1. The lowest BCUT2D eigenvalue weighted by atomic mass is 10.1. The average Bonchev–Trinajstić information content (AvgIpc) is 3.75. The number of thiophene rings is 1. The van der Waals surface area contributed by atoms with Gasteiger partial charge in [-0.25, -0.2) is 9.97 Å². The molecule has 5 heterocycles. The zero-order valence-electron chi connectivity index (χ0n) is 23.2. The van der Waals surface area contributed by atoms with Gasteiger partial charge >= 0.3 is 0 Å². The van der Waals surface area contributed by atoms with Crippen LogP contribution in [0.3, 0.4) is 0 Å². The van der Waals surface area contributed by atoms with Crippen LogP contribution < -0.4 is 9.80 Å². The van der Waals surface area contributed by atoms with E-state index in [1.807, 2.05) is 34.1 Å². The Morgan fingerprint density at radius 1 is 0.902 bits per heavy atom. The normalized spacial score (nSPS) is 21.0. The van der Waals surface area contributed by atoms with Crippen LogP contribution in [0.2, 0.25) is 0 Å². The summed E-state index contributed by atoms with van der Waals surface area (Å²) in [5.41, 5.74) is 4.85. The van der Waals surface area contributed by atoms with Gasteiger partial charge in [0.15, 0.2) is 5.82 Å². The molecule has 7 nitrogen and oxygen atoms in total.